The van der Waals surface area contributed by atoms with Crippen LogP contribution >= 0.6 is 11.3 Å². The largest absolute Gasteiger partial charge is 0.492 e. The predicted octanol–water partition coefficient (Wildman–Crippen LogP) is 3.78. The Bertz CT molecular complexity index is 1020. The van der Waals surface area contributed by atoms with E-state index in [9.17, 15) is 4.79 Å². The molecule has 0 saturated carbocycles. The molecular formula is C20H18N2O2S. The maximum Gasteiger partial charge on any atom is 0.279 e. The maximum atomic E-state index is 12.5. The lowest BCUT2D eigenvalue weighted by atomic mass is 10.1. The highest BCUT2D eigenvalue weighted by atomic mass is 32.1. The van der Waals surface area contributed by atoms with Crippen molar-refractivity contribution >= 4 is 27.5 Å². The van der Waals surface area contributed by atoms with Crippen molar-refractivity contribution in [2.24, 2.45) is 4.99 Å². The standard InChI is InChI=1S/C20H18N2O2S/c1-4-13-22-18-16(24-5-2)7-6-8-17(18)25-20(22)21-19(23)15-11-9-14(3)10-12-15/h1,6-12H,5,13H2,2-3H3. The van der Waals surface area contributed by atoms with Crippen LogP contribution < -0.4 is 9.54 Å². The van der Waals surface area contributed by atoms with Gasteiger partial charge in [-0.3, -0.25) is 4.79 Å². The smallest absolute Gasteiger partial charge is 0.279 e. The highest BCUT2D eigenvalue weighted by Gasteiger charge is 2.12. The molecule has 0 aliphatic carbocycles. The van der Waals surface area contributed by atoms with Crippen LogP contribution in [0.15, 0.2) is 47.5 Å². The Morgan fingerprint density at radius 3 is 2.72 bits per heavy atom. The molecule has 0 N–H and O–H groups in total. The molecule has 0 unspecified atom stereocenters. The van der Waals surface area contributed by atoms with Crippen LogP contribution in [0, 0.1) is 19.3 Å². The average molecular weight is 350 g/mol. The van der Waals surface area contributed by atoms with Gasteiger partial charge in [-0.2, -0.15) is 4.99 Å². The van der Waals surface area contributed by atoms with Crippen LogP contribution in [0.25, 0.3) is 10.2 Å². The summed E-state index contributed by atoms with van der Waals surface area (Å²) in [4.78, 5) is 17.4. The topological polar surface area (TPSA) is 43.6 Å². The molecule has 0 fully saturated rings. The molecule has 126 valence electrons. The van der Waals surface area contributed by atoms with Gasteiger partial charge < -0.3 is 9.30 Å². The van der Waals surface area contributed by atoms with E-state index in [-0.39, 0.29) is 5.91 Å². The number of hydrogen-bond acceptors (Lipinski definition) is 3. The Balaban J connectivity index is 2.16. The second-order valence-electron chi connectivity index (χ2n) is 5.49. The number of terminal acetylenes is 1. The third kappa shape index (κ3) is 3.49. The summed E-state index contributed by atoms with van der Waals surface area (Å²) < 4.78 is 8.55. The van der Waals surface area contributed by atoms with E-state index >= 15 is 0 Å². The number of rotatable bonds is 4. The molecule has 4 nitrogen and oxygen atoms in total. The molecular weight excluding hydrogens is 332 g/mol. The average Bonchev–Trinajstić information content (AvgIpc) is 2.94. The van der Waals surface area contributed by atoms with E-state index in [4.69, 9.17) is 11.2 Å². The number of para-hydroxylation sites is 1. The van der Waals surface area contributed by atoms with Gasteiger partial charge in [0.2, 0.25) is 0 Å². The van der Waals surface area contributed by atoms with E-state index in [0.717, 1.165) is 21.5 Å². The van der Waals surface area contributed by atoms with Gasteiger partial charge in [0.25, 0.3) is 5.91 Å². The molecule has 3 rings (SSSR count). The Hall–Kier alpha value is -2.84. The number of carbonyl (C=O) groups excluding carboxylic acids is 1. The minimum Gasteiger partial charge on any atom is -0.492 e. The van der Waals surface area contributed by atoms with Crippen LogP contribution in [0.4, 0.5) is 0 Å². The molecule has 25 heavy (non-hydrogen) atoms. The molecule has 1 heterocycles. The number of carbonyl (C=O) groups is 1. The summed E-state index contributed by atoms with van der Waals surface area (Å²) >= 11 is 1.43. The summed E-state index contributed by atoms with van der Waals surface area (Å²) in [5, 5.41) is 0. The van der Waals surface area contributed by atoms with Crippen LogP contribution in [0.2, 0.25) is 0 Å². The summed E-state index contributed by atoms with van der Waals surface area (Å²) in [6, 6.07) is 13.2. The summed E-state index contributed by atoms with van der Waals surface area (Å²) in [5.74, 6) is 3.10. The van der Waals surface area contributed by atoms with Crippen molar-refractivity contribution in [1.82, 2.24) is 4.57 Å². The number of fused-ring (bicyclic) bond motifs is 1. The van der Waals surface area contributed by atoms with Gasteiger partial charge in [-0.25, -0.2) is 0 Å². The zero-order valence-electron chi connectivity index (χ0n) is 14.2. The first kappa shape index (κ1) is 17.0. The minimum atomic E-state index is -0.282. The Kier molecular flexibility index (Phi) is 5.01. The van der Waals surface area contributed by atoms with E-state index in [2.05, 4.69) is 10.9 Å². The minimum absolute atomic E-state index is 0.282. The van der Waals surface area contributed by atoms with Gasteiger partial charge in [-0.1, -0.05) is 41.0 Å². The molecule has 0 aliphatic heterocycles. The van der Waals surface area contributed by atoms with Crippen molar-refractivity contribution in [3.8, 4) is 18.1 Å². The lowest BCUT2D eigenvalue weighted by Crippen LogP contribution is -2.17. The number of aromatic nitrogens is 1. The van der Waals surface area contributed by atoms with Crippen molar-refractivity contribution in [2.75, 3.05) is 6.61 Å². The second-order valence-corrected chi connectivity index (χ2v) is 6.50. The SMILES string of the molecule is C#CCn1c(=NC(=O)c2ccc(C)cc2)sc2cccc(OCC)c21. The van der Waals surface area contributed by atoms with E-state index < -0.39 is 0 Å². The van der Waals surface area contributed by atoms with Crippen LogP contribution in [-0.2, 0) is 6.54 Å². The predicted molar refractivity (Wildman–Crippen MR) is 101 cm³/mol. The maximum absolute atomic E-state index is 12.5. The van der Waals surface area contributed by atoms with E-state index in [0.29, 0.717) is 23.5 Å². The highest BCUT2D eigenvalue weighted by molar-refractivity contribution is 7.16. The monoisotopic (exact) mass is 350 g/mol. The number of thiazole rings is 1. The van der Waals surface area contributed by atoms with E-state index in [1.165, 1.54) is 11.3 Å². The van der Waals surface area contributed by atoms with Gasteiger partial charge in [-0.05, 0) is 38.1 Å². The lowest BCUT2D eigenvalue weighted by molar-refractivity contribution is 0.0998. The second kappa shape index (κ2) is 7.37. The van der Waals surface area contributed by atoms with Gasteiger partial charge in [0, 0.05) is 5.56 Å². The molecule has 2 aromatic carbocycles. The van der Waals surface area contributed by atoms with Gasteiger partial charge in [0.1, 0.15) is 11.3 Å². The number of benzene rings is 2. The van der Waals surface area contributed by atoms with Gasteiger partial charge in [0.05, 0.1) is 17.9 Å². The van der Waals surface area contributed by atoms with Crippen molar-refractivity contribution in [2.45, 2.75) is 20.4 Å². The lowest BCUT2D eigenvalue weighted by Gasteiger charge is -2.07. The number of nitrogens with zero attached hydrogens (tertiary/aromatic N) is 2. The first-order valence-corrected chi connectivity index (χ1v) is 8.80. The zero-order chi connectivity index (χ0) is 17.8. The van der Waals surface area contributed by atoms with Crippen LogP contribution in [0.1, 0.15) is 22.8 Å². The Morgan fingerprint density at radius 2 is 2.04 bits per heavy atom. The van der Waals surface area contributed by atoms with Gasteiger partial charge >= 0.3 is 0 Å². The Morgan fingerprint density at radius 1 is 1.28 bits per heavy atom. The molecule has 1 amide bonds. The van der Waals surface area contributed by atoms with E-state index in [1.807, 2.05) is 48.7 Å². The highest BCUT2D eigenvalue weighted by Crippen LogP contribution is 2.27. The molecule has 0 atom stereocenters. The van der Waals surface area contributed by atoms with Gasteiger partial charge in [0.15, 0.2) is 4.80 Å². The fourth-order valence-electron chi connectivity index (χ4n) is 2.54. The van der Waals surface area contributed by atoms with Crippen LogP contribution in [-0.4, -0.2) is 17.1 Å². The van der Waals surface area contributed by atoms with Gasteiger partial charge in [-0.15, -0.1) is 6.42 Å². The quantitative estimate of drug-likeness (QED) is 0.672. The molecule has 0 bridgehead atoms. The fraction of sp³-hybridized carbons (Fsp3) is 0.200. The third-order valence-electron chi connectivity index (χ3n) is 3.71. The molecule has 0 saturated heterocycles. The summed E-state index contributed by atoms with van der Waals surface area (Å²) in [7, 11) is 0. The zero-order valence-corrected chi connectivity index (χ0v) is 15.0. The first-order chi connectivity index (χ1) is 12.1. The van der Waals surface area contributed by atoms with Crippen molar-refractivity contribution in [3.63, 3.8) is 0 Å². The summed E-state index contributed by atoms with van der Waals surface area (Å²) in [6.07, 6.45) is 5.53. The number of aryl methyl sites for hydroxylation is 1. The number of ether oxygens (including phenoxy) is 1. The third-order valence-corrected chi connectivity index (χ3v) is 4.75. The number of amides is 1. The fourth-order valence-corrected chi connectivity index (χ4v) is 3.59. The molecule has 0 radical (unpaired) electrons. The molecule has 3 aromatic rings. The first-order valence-electron chi connectivity index (χ1n) is 7.98. The number of hydrogen-bond donors (Lipinski definition) is 0. The van der Waals surface area contributed by atoms with Crippen molar-refractivity contribution < 1.29 is 9.53 Å². The molecule has 1 aromatic heterocycles. The molecule has 0 spiro atoms. The van der Waals surface area contributed by atoms with Crippen LogP contribution in [0.3, 0.4) is 0 Å². The summed E-state index contributed by atoms with van der Waals surface area (Å²) in [5.41, 5.74) is 2.53. The Labute approximate surface area is 150 Å². The molecule has 0 aliphatic rings. The van der Waals surface area contributed by atoms with E-state index in [1.54, 1.807) is 12.1 Å². The van der Waals surface area contributed by atoms with Crippen LogP contribution in [0.5, 0.6) is 5.75 Å². The normalized spacial score (nSPS) is 11.5. The van der Waals surface area contributed by atoms with Crippen molar-refractivity contribution in [1.29, 1.82) is 0 Å². The van der Waals surface area contributed by atoms with Crippen molar-refractivity contribution in [3.05, 3.63) is 58.4 Å². The molecule has 5 heteroatoms. The summed E-state index contributed by atoms with van der Waals surface area (Å²) in [6.45, 7) is 4.79.